The van der Waals surface area contributed by atoms with Crippen LogP contribution in [0.1, 0.15) is 18.2 Å². The van der Waals surface area contributed by atoms with Crippen molar-refractivity contribution in [1.82, 2.24) is 14.9 Å². The Bertz CT molecular complexity index is 641. The summed E-state index contributed by atoms with van der Waals surface area (Å²) in [6.07, 6.45) is -0.464. The van der Waals surface area contributed by atoms with Gasteiger partial charge in [-0.05, 0) is 6.92 Å². The van der Waals surface area contributed by atoms with Gasteiger partial charge in [-0.25, -0.2) is 4.79 Å². The smallest absolute Gasteiger partial charge is 0.330 e. The molecule has 0 aliphatic carbocycles. The minimum Gasteiger partial charge on any atom is -0.390 e. The van der Waals surface area contributed by atoms with E-state index in [1.54, 1.807) is 6.92 Å². The van der Waals surface area contributed by atoms with Gasteiger partial charge in [-0.1, -0.05) is 15.9 Å². The fraction of sp³-hybridized carbons (Fsp3) is 0.583. The van der Waals surface area contributed by atoms with E-state index >= 15 is 0 Å². The molecule has 0 aromatic carbocycles. The van der Waals surface area contributed by atoms with Gasteiger partial charge in [-0.3, -0.25) is 19.1 Å². The first kappa shape index (κ1) is 15.9. The van der Waals surface area contributed by atoms with Crippen molar-refractivity contribution in [2.45, 2.75) is 31.8 Å². The number of nitrogens with zero attached hydrogens (tertiary/aromatic N) is 1. The number of aliphatic hydroxyl groups excluding tert-OH is 1. The van der Waals surface area contributed by atoms with Gasteiger partial charge in [0.05, 0.1) is 11.4 Å². The molecule has 0 saturated carbocycles. The zero-order valence-electron chi connectivity index (χ0n) is 11.3. The van der Waals surface area contributed by atoms with Crippen LogP contribution in [0.2, 0.25) is 0 Å². The van der Waals surface area contributed by atoms with Gasteiger partial charge in [0.25, 0.3) is 5.56 Å². The third-order valence-electron chi connectivity index (χ3n) is 3.28. The van der Waals surface area contributed by atoms with Gasteiger partial charge in [0.15, 0.2) is 0 Å². The average Bonchev–Trinajstić information content (AvgIpc) is 2.81. The highest BCUT2D eigenvalue weighted by molar-refractivity contribution is 9.09. The van der Waals surface area contributed by atoms with Crippen molar-refractivity contribution in [3.63, 3.8) is 0 Å². The molecule has 116 valence electrons. The summed E-state index contributed by atoms with van der Waals surface area (Å²) in [7, 11) is 0. The van der Waals surface area contributed by atoms with Crippen LogP contribution >= 0.6 is 15.9 Å². The summed E-state index contributed by atoms with van der Waals surface area (Å²) in [5, 5.41) is 12.7. The first-order chi connectivity index (χ1) is 9.92. The van der Waals surface area contributed by atoms with Gasteiger partial charge < -0.3 is 15.2 Å². The molecular formula is C12H16BrN3O5. The minimum atomic E-state index is -0.801. The number of hydrogen-bond acceptors (Lipinski definition) is 5. The van der Waals surface area contributed by atoms with Gasteiger partial charge in [0, 0.05) is 24.7 Å². The molecule has 1 aliphatic heterocycles. The monoisotopic (exact) mass is 361 g/mol. The molecule has 3 atom stereocenters. The lowest BCUT2D eigenvalue weighted by Gasteiger charge is -2.16. The summed E-state index contributed by atoms with van der Waals surface area (Å²) in [4.78, 5) is 36.5. The maximum atomic E-state index is 11.8. The molecule has 1 aromatic rings. The van der Waals surface area contributed by atoms with E-state index in [1.165, 1.54) is 10.8 Å². The van der Waals surface area contributed by atoms with E-state index in [0.29, 0.717) is 5.56 Å². The van der Waals surface area contributed by atoms with E-state index in [0.717, 1.165) is 0 Å². The number of aryl methyl sites for hydroxylation is 1. The first-order valence-electron chi connectivity index (χ1n) is 6.40. The number of aromatic nitrogens is 2. The minimum absolute atomic E-state index is 0.152. The summed E-state index contributed by atoms with van der Waals surface area (Å²) < 4.78 is 6.83. The lowest BCUT2D eigenvalue weighted by Crippen LogP contribution is -2.37. The number of ether oxygens (including phenoxy) is 1. The summed E-state index contributed by atoms with van der Waals surface area (Å²) in [6, 6.07) is 0. The number of hydrogen-bond donors (Lipinski definition) is 3. The Morgan fingerprint density at radius 1 is 1.62 bits per heavy atom. The molecule has 2 heterocycles. The Kier molecular flexibility index (Phi) is 4.96. The number of nitrogens with one attached hydrogen (secondary N) is 2. The third-order valence-corrected chi connectivity index (χ3v) is 3.79. The predicted octanol–water partition coefficient (Wildman–Crippen LogP) is -0.995. The number of aliphatic hydroxyl groups is 1. The number of amides is 1. The predicted molar refractivity (Wildman–Crippen MR) is 77.4 cm³/mol. The molecule has 1 amide bonds. The number of aromatic amines is 1. The Morgan fingerprint density at radius 3 is 3.00 bits per heavy atom. The van der Waals surface area contributed by atoms with Crippen molar-refractivity contribution >= 4 is 21.8 Å². The number of carbonyl (C=O) groups is 1. The van der Waals surface area contributed by atoms with Crippen LogP contribution in [-0.4, -0.2) is 44.6 Å². The molecule has 0 bridgehead atoms. The van der Waals surface area contributed by atoms with Crippen molar-refractivity contribution < 1.29 is 14.6 Å². The van der Waals surface area contributed by atoms with Gasteiger partial charge in [-0.2, -0.15) is 0 Å². The quantitative estimate of drug-likeness (QED) is 0.595. The highest BCUT2D eigenvalue weighted by atomic mass is 79.9. The summed E-state index contributed by atoms with van der Waals surface area (Å²) in [5.41, 5.74) is -0.660. The molecule has 21 heavy (non-hydrogen) atoms. The third kappa shape index (κ3) is 3.60. The molecule has 8 nitrogen and oxygen atoms in total. The second-order valence-corrected chi connectivity index (χ2v) is 5.41. The first-order valence-corrected chi connectivity index (χ1v) is 7.52. The second-order valence-electron chi connectivity index (χ2n) is 4.85. The molecule has 1 aliphatic rings. The van der Waals surface area contributed by atoms with E-state index < -0.39 is 29.7 Å². The molecule has 0 radical (unpaired) electrons. The maximum Gasteiger partial charge on any atom is 0.330 e. The topological polar surface area (TPSA) is 113 Å². The lowest BCUT2D eigenvalue weighted by atomic mass is 10.2. The number of carbonyl (C=O) groups excluding carboxylic acids is 1. The zero-order chi connectivity index (χ0) is 15.6. The van der Waals surface area contributed by atoms with E-state index in [2.05, 4.69) is 26.2 Å². The van der Waals surface area contributed by atoms with Crippen LogP contribution < -0.4 is 16.6 Å². The van der Waals surface area contributed by atoms with Gasteiger partial charge in [0.1, 0.15) is 12.3 Å². The van der Waals surface area contributed by atoms with Crippen LogP contribution in [0.5, 0.6) is 0 Å². The van der Waals surface area contributed by atoms with Crippen LogP contribution in [0, 0.1) is 6.92 Å². The van der Waals surface area contributed by atoms with Crippen LogP contribution in [0.3, 0.4) is 0 Å². The largest absolute Gasteiger partial charge is 0.390 e. The molecule has 1 saturated heterocycles. The van der Waals surface area contributed by atoms with Crippen molar-refractivity contribution in [2.24, 2.45) is 0 Å². The number of H-pyrrole nitrogens is 1. The molecule has 1 aromatic heterocycles. The Morgan fingerprint density at radius 2 is 2.33 bits per heavy atom. The van der Waals surface area contributed by atoms with Crippen LogP contribution in [0.25, 0.3) is 0 Å². The molecule has 0 spiro atoms. The van der Waals surface area contributed by atoms with Crippen molar-refractivity contribution in [2.75, 3.05) is 11.9 Å². The normalized spacial score (nSPS) is 25.0. The zero-order valence-corrected chi connectivity index (χ0v) is 12.9. The van der Waals surface area contributed by atoms with E-state index in [9.17, 15) is 19.5 Å². The highest BCUT2D eigenvalue weighted by Crippen LogP contribution is 2.27. The van der Waals surface area contributed by atoms with E-state index in [-0.39, 0.29) is 24.2 Å². The van der Waals surface area contributed by atoms with Crippen molar-refractivity contribution in [3.05, 3.63) is 32.6 Å². The van der Waals surface area contributed by atoms with Crippen LogP contribution in [-0.2, 0) is 9.53 Å². The van der Waals surface area contributed by atoms with Gasteiger partial charge >= 0.3 is 5.69 Å². The number of alkyl halides is 1. The Balaban J connectivity index is 2.10. The Labute approximate surface area is 128 Å². The van der Waals surface area contributed by atoms with E-state index in [4.69, 9.17) is 4.74 Å². The SMILES string of the molecule is Cc1cn([C@@H]2C[C@@H](O)[C@H](CNC(=O)CBr)O2)c(=O)[nH]c1=O. The summed E-state index contributed by atoms with van der Waals surface area (Å²) >= 11 is 3.02. The van der Waals surface area contributed by atoms with Crippen LogP contribution in [0.15, 0.2) is 15.8 Å². The second kappa shape index (κ2) is 6.54. The van der Waals surface area contributed by atoms with Crippen molar-refractivity contribution in [3.8, 4) is 0 Å². The lowest BCUT2D eigenvalue weighted by molar-refractivity contribution is -0.119. The highest BCUT2D eigenvalue weighted by Gasteiger charge is 2.35. The fourth-order valence-electron chi connectivity index (χ4n) is 2.13. The summed E-state index contributed by atoms with van der Waals surface area (Å²) in [6.45, 7) is 1.73. The molecule has 9 heteroatoms. The summed E-state index contributed by atoms with van der Waals surface area (Å²) in [5.74, 6) is -0.216. The maximum absolute atomic E-state index is 11.8. The van der Waals surface area contributed by atoms with Crippen molar-refractivity contribution in [1.29, 1.82) is 0 Å². The van der Waals surface area contributed by atoms with Gasteiger partial charge in [-0.15, -0.1) is 0 Å². The van der Waals surface area contributed by atoms with Gasteiger partial charge in [0.2, 0.25) is 5.91 Å². The standard InChI is InChI=1S/C12H16BrN3O5/c1-6-5-16(12(20)15-11(6)19)10-2-7(17)8(21-10)4-14-9(18)3-13/h5,7-8,10,17H,2-4H2,1H3,(H,14,18)(H,15,19,20)/t7-,8+,10+/m1/s1. The molecule has 1 fully saturated rings. The number of rotatable bonds is 4. The molecule has 3 N–H and O–H groups in total. The Hall–Kier alpha value is -1.45. The van der Waals surface area contributed by atoms with E-state index in [1.807, 2.05) is 0 Å². The fourth-order valence-corrected chi connectivity index (χ4v) is 2.33. The van der Waals surface area contributed by atoms with Crippen LogP contribution in [0.4, 0.5) is 0 Å². The molecule has 0 unspecified atom stereocenters. The average molecular weight is 362 g/mol. The number of halogens is 1. The molecular weight excluding hydrogens is 346 g/mol. The molecule has 2 rings (SSSR count).